The van der Waals surface area contributed by atoms with Crippen LogP contribution < -0.4 is 5.32 Å². The van der Waals surface area contributed by atoms with Crippen molar-refractivity contribution in [2.75, 3.05) is 13.6 Å². The first kappa shape index (κ1) is 16.2. The van der Waals surface area contributed by atoms with Crippen LogP contribution in [0.3, 0.4) is 0 Å². The lowest BCUT2D eigenvalue weighted by atomic mass is 9.75. The molecule has 1 aromatic carbocycles. The number of hydrogen-bond acceptors (Lipinski definition) is 4. The number of nitrogens with zero attached hydrogens (tertiary/aromatic N) is 2. The van der Waals surface area contributed by atoms with Gasteiger partial charge >= 0.3 is 0 Å². The molecular formula is C17H18Cl2FN3O. The zero-order chi connectivity index (χ0) is 17.1. The van der Waals surface area contributed by atoms with Gasteiger partial charge < -0.3 is 9.80 Å². The highest BCUT2D eigenvalue weighted by molar-refractivity contribution is 6.35. The number of Topliss-reactive ketones (excluding diaryl/α,β-unsaturated/α-hetero) is 1. The molecule has 0 amide bonds. The molecule has 1 N–H and O–H groups in total. The van der Waals surface area contributed by atoms with E-state index >= 15 is 0 Å². The van der Waals surface area contributed by atoms with E-state index in [0.717, 1.165) is 18.4 Å². The van der Waals surface area contributed by atoms with Gasteiger partial charge in [-0.15, -0.1) is 0 Å². The molecule has 1 saturated heterocycles. The molecule has 7 heteroatoms. The standard InChI is InChI=1S/C17H18Cl2FN3O/c1-22-8-15(20)23-16(11-6-5-10(18)7-12(11)19)21-13-3-2-4-14(24)17(13,23)9-22/h5-8,13,16,21H,2-4,9H2,1H3. The van der Waals surface area contributed by atoms with Gasteiger partial charge in [0.25, 0.3) is 0 Å². The second-order valence-corrected chi connectivity index (χ2v) is 7.61. The fourth-order valence-corrected chi connectivity index (χ4v) is 4.86. The Morgan fingerprint density at radius 3 is 2.92 bits per heavy atom. The highest BCUT2D eigenvalue weighted by Crippen LogP contribution is 2.48. The second-order valence-electron chi connectivity index (χ2n) is 6.76. The molecule has 4 nitrogen and oxygen atoms in total. The van der Waals surface area contributed by atoms with Gasteiger partial charge in [-0.2, -0.15) is 4.39 Å². The summed E-state index contributed by atoms with van der Waals surface area (Å²) in [5.74, 6) is -0.320. The molecule has 2 aliphatic heterocycles. The predicted octanol–water partition coefficient (Wildman–Crippen LogP) is 3.47. The van der Waals surface area contributed by atoms with E-state index in [9.17, 15) is 9.18 Å². The topological polar surface area (TPSA) is 35.6 Å². The average molecular weight is 370 g/mol. The molecule has 0 bridgehead atoms. The van der Waals surface area contributed by atoms with Crippen LogP contribution in [0.4, 0.5) is 4.39 Å². The molecule has 24 heavy (non-hydrogen) atoms. The van der Waals surface area contributed by atoms with Gasteiger partial charge in [-0.1, -0.05) is 29.3 Å². The third-order valence-corrected chi connectivity index (χ3v) is 5.87. The molecule has 0 aromatic heterocycles. The number of nitrogens with one attached hydrogen (secondary N) is 1. The minimum atomic E-state index is -0.876. The lowest BCUT2D eigenvalue weighted by Crippen LogP contribution is -2.65. The summed E-state index contributed by atoms with van der Waals surface area (Å²) >= 11 is 12.3. The first-order valence-corrected chi connectivity index (χ1v) is 8.80. The minimum absolute atomic E-state index is 0.0916. The van der Waals surface area contributed by atoms with Crippen LogP contribution in [0.2, 0.25) is 10.0 Å². The van der Waals surface area contributed by atoms with Crippen molar-refractivity contribution in [2.24, 2.45) is 0 Å². The van der Waals surface area contributed by atoms with Gasteiger partial charge in [0.1, 0.15) is 11.7 Å². The summed E-state index contributed by atoms with van der Waals surface area (Å²) in [5.41, 5.74) is -0.143. The van der Waals surface area contributed by atoms with E-state index in [-0.39, 0.29) is 11.8 Å². The van der Waals surface area contributed by atoms with Crippen molar-refractivity contribution in [3.63, 3.8) is 0 Å². The molecule has 4 rings (SSSR count). The molecule has 0 radical (unpaired) electrons. The summed E-state index contributed by atoms with van der Waals surface area (Å²) in [6.45, 7) is 0.471. The van der Waals surface area contributed by atoms with Crippen LogP contribution in [-0.4, -0.2) is 40.8 Å². The van der Waals surface area contributed by atoms with Crippen molar-refractivity contribution in [3.8, 4) is 0 Å². The van der Waals surface area contributed by atoms with Crippen LogP contribution in [0.1, 0.15) is 31.0 Å². The molecule has 3 aliphatic rings. The van der Waals surface area contributed by atoms with Gasteiger partial charge in [0, 0.05) is 41.7 Å². The number of benzene rings is 1. The molecule has 1 spiro atoms. The van der Waals surface area contributed by atoms with Gasteiger partial charge in [-0.05, 0) is 25.0 Å². The first-order valence-electron chi connectivity index (χ1n) is 8.04. The summed E-state index contributed by atoms with van der Waals surface area (Å²) in [4.78, 5) is 16.2. The highest BCUT2D eigenvalue weighted by Gasteiger charge is 2.61. The second kappa shape index (κ2) is 5.61. The summed E-state index contributed by atoms with van der Waals surface area (Å²) in [6, 6.07) is 5.08. The monoisotopic (exact) mass is 369 g/mol. The summed E-state index contributed by atoms with van der Waals surface area (Å²) in [7, 11) is 1.80. The summed E-state index contributed by atoms with van der Waals surface area (Å²) in [6.07, 6.45) is 3.10. The van der Waals surface area contributed by atoms with Crippen LogP contribution in [0.25, 0.3) is 0 Å². The number of carbonyl (C=O) groups excluding carboxylic acids is 1. The fourth-order valence-electron chi connectivity index (χ4n) is 4.35. The number of hydrogen-bond donors (Lipinski definition) is 1. The van der Waals surface area contributed by atoms with Gasteiger partial charge in [0.05, 0.1) is 6.20 Å². The Bertz CT molecular complexity index is 741. The van der Waals surface area contributed by atoms with E-state index in [0.29, 0.717) is 23.0 Å². The van der Waals surface area contributed by atoms with Crippen LogP contribution in [0.5, 0.6) is 0 Å². The molecule has 128 valence electrons. The van der Waals surface area contributed by atoms with Gasteiger partial charge in [-0.25, -0.2) is 0 Å². The van der Waals surface area contributed by atoms with Crippen molar-refractivity contribution in [1.29, 1.82) is 0 Å². The van der Waals surface area contributed by atoms with E-state index in [1.807, 2.05) is 0 Å². The van der Waals surface area contributed by atoms with Crippen LogP contribution in [0.15, 0.2) is 30.3 Å². The summed E-state index contributed by atoms with van der Waals surface area (Å²) in [5, 5.41) is 4.45. The number of likely N-dealkylation sites (N-methyl/N-ethyl adjacent to an activating group) is 1. The number of halogens is 3. The predicted molar refractivity (Wildman–Crippen MR) is 91.4 cm³/mol. The average Bonchev–Trinajstić information content (AvgIpc) is 2.84. The molecule has 2 fully saturated rings. The van der Waals surface area contributed by atoms with Crippen molar-refractivity contribution in [2.45, 2.75) is 37.0 Å². The number of carbonyl (C=O) groups is 1. The minimum Gasteiger partial charge on any atom is -0.374 e. The molecule has 1 saturated carbocycles. The SMILES string of the molecule is CN1C=C(F)N2C(c3ccc(Cl)cc3Cl)NC3CCCC(=O)C32C1. The molecule has 3 atom stereocenters. The lowest BCUT2D eigenvalue weighted by Gasteiger charge is -2.48. The van der Waals surface area contributed by atoms with E-state index in [1.165, 1.54) is 6.20 Å². The third kappa shape index (κ3) is 2.18. The maximum absolute atomic E-state index is 15.0. The van der Waals surface area contributed by atoms with Crippen LogP contribution in [0, 0.1) is 0 Å². The van der Waals surface area contributed by atoms with Crippen molar-refractivity contribution in [3.05, 3.63) is 46.0 Å². The van der Waals surface area contributed by atoms with E-state index < -0.39 is 17.7 Å². The normalized spacial score (nSPS) is 32.5. The maximum atomic E-state index is 15.0. The van der Waals surface area contributed by atoms with Crippen LogP contribution in [-0.2, 0) is 4.79 Å². The largest absolute Gasteiger partial charge is 0.374 e. The van der Waals surface area contributed by atoms with E-state index in [4.69, 9.17) is 23.2 Å². The van der Waals surface area contributed by atoms with E-state index in [2.05, 4.69) is 5.32 Å². The third-order valence-electron chi connectivity index (χ3n) is 5.31. The summed E-state index contributed by atoms with van der Waals surface area (Å²) < 4.78 is 15.0. The van der Waals surface area contributed by atoms with E-state index in [1.54, 1.807) is 35.0 Å². The Hall–Kier alpha value is -1.30. The van der Waals surface area contributed by atoms with Crippen LogP contribution >= 0.6 is 23.2 Å². The highest BCUT2D eigenvalue weighted by atomic mass is 35.5. The Labute approximate surface area is 150 Å². The Balaban J connectivity index is 1.86. The number of rotatable bonds is 1. The Morgan fingerprint density at radius 2 is 2.17 bits per heavy atom. The fraction of sp³-hybridized carbons (Fsp3) is 0.471. The molecule has 1 aliphatic carbocycles. The van der Waals surface area contributed by atoms with Crippen molar-refractivity contribution < 1.29 is 9.18 Å². The molecule has 3 unspecified atom stereocenters. The molecule has 1 aromatic rings. The van der Waals surface area contributed by atoms with Gasteiger partial charge in [0.2, 0.25) is 5.95 Å². The van der Waals surface area contributed by atoms with Gasteiger partial charge in [-0.3, -0.25) is 10.1 Å². The zero-order valence-corrected chi connectivity index (χ0v) is 14.7. The first-order chi connectivity index (χ1) is 11.4. The smallest absolute Gasteiger partial charge is 0.208 e. The lowest BCUT2D eigenvalue weighted by molar-refractivity contribution is -0.135. The maximum Gasteiger partial charge on any atom is 0.208 e. The molecule has 2 heterocycles. The Morgan fingerprint density at radius 1 is 1.38 bits per heavy atom. The van der Waals surface area contributed by atoms with Crippen molar-refractivity contribution in [1.82, 2.24) is 15.1 Å². The van der Waals surface area contributed by atoms with Gasteiger partial charge in [0.15, 0.2) is 5.78 Å². The number of ketones is 1. The quantitative estimate of drug-likeness (QED) is 0.768. The van der Waals surface area contributed by atoms with Crippen molar-refractivity contribution >= 4 is 29.0 Å². The Kier molecular flexibility index (Phi) is 3.79. The zero-order valence-electron chi connectivity index (χ0n) is 13.2. The molecular weight excluding hydrogens is 352 g/mol.